The van der Waals surface area contributed by atoms with E-state index < -0.39 is 6.10 Å². The Kier molecular flexibility index (Phi) is 9.57. The summed E-state index contributed by atoms with van der Waals surface area (Å²) in [6, 6.07) is 11.6. The van der Waals surface area contributed by atoms with Gasteiger partial charge in [-0.15, -0.1) is 24.0 Å². The summed E-state index contributed by atoms with van der Waals surface area (Å²) in [6.07, 6.45) is 0.841. The second kappa shape index (κ2) is 11.6. The molecule has 154 valence electrons. The highest BCUT2D eigenvalue weighted by Crippen LogP contribution is 2.15. The van der Waals surface area contributed by atoms with Crippen molar-refractivity contribution in [1.82, 2.24) is 15.1 Å². The molecule has 0 amide bonds. The summed E-state index contributed by atoms with van der Waals surface area (Å²) >= 11 is 5.96. The third-order valence-corrected chi connectivity index (χ3v) is 4.86. The van der Waals surface area contributed by atoms with E-state index in [-0.39, 0.29) is 30.5 Å². The second-order valence-electron chi connectivity index (χ2n) is 6.62. The van der Waals surface area contributed by atoms with Gasteiger partial charge in [-0.25, -0.2) is 4.99 Å². The lowest BCUT2D eigenvalue weighted by atomic mass is 10.2. The molecule has 0 radical (unpaired) electrons. The molecule has 6 nitrogen and oxygen atoms in total. The first-order valence-electron chi connectivity index (χ1n) is 9.37. The maximum Gasteiger partial charge on any atom is 0.194 e. The standard InChI is InChI=1S/C20H27ClN4O2.HI/c1-2-22-20(23-14-18(26)19-4-3-13-27-19)25-11-9-24(10-12-25)15-16-5-7-17(21)8-6-16;/h3-8,13,18,26H,2,9-12,14-15H2,1H3,(H,22,23);1H. The summed E-state index contributed by atoms with van der Waals surface area (Å²) in [4.78, 5) is 9.28. The molecule has 8 heteroatoms. The minimum Gasteiger partial charge on any atom is -0.467 e. The van der Waals surface area contributed by atoms with E-state index in [9.17, 15) is 5.11 Å². The molecule has 1 aromatic carbocycles. The van der Waals surface area contributed by atoms with Crippen molar-refractivity contribution >= 4 is 41.5 Å². The van der Waals surface area contributed by atoms with Gasteiger partial charge in [-0.3, -0.25) is 4.90 Å². The number of nitrogens with one attached hydrogen (secondary N) is 1. The van der Waals surface area contributed by atoms with E-state index in [1.54, 1.807) is 18.4 Å². The lowest BCUT2D eigenvalue weighted by molar-refractivity contribution is 0.155. The number of halogens is 2. The molecule has 28 heavy (non-hydrogen) atoms. The highest BCUT2D eigenvalue weighted by atomic mass is 127. The Morgan fingerprint density at radius 3 is 2.54 bits per heavy atom. The van der Waals surface area contributed by atoms with Gasteiger partial charge in [-0.1, -0.05) is 23.7 Å². The number of aliphatic imine (C=N–C) groups is 1. The monoisotopic (exact) mass is 518 g/mol. The molecule has 0 bridgehead atoms. The Hall–Kier alpha value is -1.29. The van der Waals surface area contributed by atoms with Crippen LogP contribution in [0.15, 0.2) is 52.1 Å². The number of guanidine groups is 1. The van der Waals surface area contributed by atoms with Crippen molar-refractivity contribution in [2.45, 2.75) is 19.6 Å². The summed E-state index contributed by atoms with van der Waals surface area (Å²) in [5, 5.41) is 14.3. The molecule has 0 spiro atoms. The first-order valence-corrected chi connectivity index (χ1v) is 9.75. The molecule has 1 unspecified atom stereocenters. The Morgan fingerprint density at radius 1 is 1.21 bits per heavy atom. The van der Waals surface area contributed by atoms with Gasteiger partial charge in [-0.2, -0.15) is 0 Å². The van der Waals surface area contributed by atoms with Gasteiger partial charge in [0.15, 0.2) is 5.96 Å². The molecule has 1 aliphatic rings. The number of furan rings is 1. The Morgan fingerprint density at radius 2 is 1.93 bits per heavy atom. The van der Waals surface area contributed by atoms with Gasteiger partial charge in [0.25, 0.3) is 0 Å². The summed E-state index contributed by atoms with van der Waals surface area (Å²) in [5.41, 5.74) is 1.27. The fourth-order valence-electron chi connectivity index (χ4n) is 3.14. The normalized spacial score (nSPS) is 16.5. The third-order valence-electron chi connectivity index (χ3n) is 4.61. The van der Waals surface area contributed by atoms with E-state index in [0.717, 1.165) is 50.3 Å². The topological polar surface area (TPSA) is 64.2 Å². The summed E-state index contributed by atoms with van der Waals surface area (Å²) in [5.74, 6) is 1.39. The van der Waals surface area contributed by atoms with Crippen LogP contribution in [0.4, 0.5) is 0 Å². The van der Waals surface area contributed by atoms with Crippen LogP contribution in [0, 0.1) is 0 Å². The second-order valence-corrected chi connectivity index (χ2v) is 7.05. The van der Waals surface area contributed by atoms with Crippen LogP contribution in [0.3, 0.4) is 0 Å². The van der Waals surface area contributed by atoms with Crippen LogP contribution >= 0.6 is 35.6 Å². The summed E-state index contributed by atoms with van der Waals surface area (Å²) in [6.45, 7) is 7.78. The average Bonchev–Trinajstić information content (AvgIpc) is 3.22. The molecular formula is C20H28ClIN4O2. The van der Waals surface area contributed by atoms with Crippen molar-refractivity contribution in [3.8, 4) is 0 Å². The van der Waals surface area contributed by atoms with Crippen molar-refractivity contribution in [3.05, 3.63) is 59.0 Å². The Labute approximate surface area is 188 Å². The van der Waals surface area contributed by atoms with Gasteiger partial charge in [0.05, 0.1) is 12.8 Å². The van der Waals surface area contributed by atoms with Crippen LogP contribution in [-0.4, -0.2) is 60.1 Å². The molecule has 2 heterocycles. The molecule has 1 atom stereocenters. The Balaban J connectivity index is 0.00000280. The van der Waals surface area contributed by atoms with Crippen molar-refractivity contribution in [2.75, 3.05) is 39.3 Å². The Bertz CT molecular complexity index is 716. The van der Waals surface area contributed by atoms with Crippen molar-refractivity contribution in [3.63, 3.8) is 0 Å². The van der Waals surface area contributed by atoms with Crippen LogP contribution in [0.2, 0.25) is 5.02 Å². The predicted molar refractivity (Wildman–Crippen MR) is 123 cm³/mol. The first-order chi connectivity index (χ1) is 13.2. The van der Waals surface area contributed by atoms with Crippen LogP contribution < -0.4 is 5.32 Å². The number of benzene rings is 1. The number of hydrogen-bond donors (Lipinski definition) is 2. The number of hydrogen-bond acceptors (Lipinski definition) is 4. The zero-order valence-electron chi connectivity index (χ0n) is 16.1. The van der Waals surface area contributed by atoms with Gasteiger partial charge < -0.3 is 19.7 Å². The molecule has 1 aliphatic heterocycles. The fourth-order valence-corrected chi connectivity index (χ4v) is 3.26. The van der Waals surface area contributed by atoms with E-state index in [2.05, 4.69) is 39.2 Å². The van der Waals surface area contributed by atoms with Crippen LogP contribution in [0.5, 0.6) is 0 Å². The van der Waals surface area contributed by atoms with E-state index >= 15 is 0 Å². The average molecular weight is 519 g/mol. The maximum absolute atomic E-state index is 10.2. The number of nitrogens with zero attached hydrogens (tertiary/aromatic N) is 3. The third kappa shape index (κ3) is 6.65. The molecule has 0 saturated carbocycles. The van der Waals surface area contributed by atoms with E-state index in [1.807, 2.05) is 12.1 Å². The van der Waals surface area contributed by atoms with E-state index in [0.29, 0.717) is 5.76 Å². The molecule has 1 saturated heterocycles. The van der Waals surface area contributed by atoms with E-state index in [1.165, 1.54) is 5.56 Å². The fraction of sp³-hybridized carbons (Fsp3) is 0.450. The molecule has 1 aromatic heterocycles. The minimum atomic E-state index is -0.722. The quantitative estimate of drug-likeness (QED) is 0.349. The van der Waals surface area contributed by atoms with Crippen molar-refractivity contribution < 1.29 is 9.52 Å². The zero-order valence-corrected chi connectivity index (χ0v) is 19.1. The smallest absolute Gasteiger partial charge is 0.194 e. The van der Waals surface area contributed by atoms with Crippen molar-refractivity contribution in [1.29, 1.82) is 0 Å². The number of piperazine rings is 1. The summed E-state index contributed by atoms with van der Waals surface area (Å²) in [7, 11) is 0. The molecule has 2 N–H and O–H groups in total. The molecular weight excluding hydrogens is 491 g/mol. The van der Waals surface area contributed by atoms with Gasteiger partial charge in [-0.05, 0) is 36.8 Å². The SMILES string of the molecule is CCNC(=NCC(O)c1ccco1)N1CCN(Cc2ccc(Cl)cc2)CC1.I. The number of aliphatic hydroxyl groups is 1. The molecule has 0 aliphatic carbocycles. The van der Waals surface area contributed by atoms with Crippen LogP contribution in [-0.2, 0) is 6.54 Å². The highest BCUT2D eigenvalue weighted by molar-refractivity contribution is 14.0. The van der Waals surface area contributed by atoms with Crippen LogP contribution in [0.25, 0.3) is 0 Å². The lowest BCUT2D eigenvalue weighted by Crippen LogP contribution is -2.52. The number of rotatable bonds is 6. The first kappa shape index (κ1) is 23.0. The van der Waals surface area contributed by atoms with Crippen molar-refractivity contribution in [2.24, 2.45) is 4.99 Å². The van der Waals surface area contributed by atoms with E-state index in [4.69, 9.17) is 16.0 Å². The van der Waals surface area contributed by atoms with Gasteiger partial charge in [0.2, 0.25) is 0 Å². The molecule has 3 rings (SSSR count). The van der Waals surface area contributed by atoms with Gasteiger partial charge in [0, 0.05) is 44.3 Å². The lowest BCUT2D eigenvalue weighted by Gasteiger charge is -2.36. The minimum absolute atomic E-state index is 0. The van der Waals surface area contributed by atoms with Crippen LogP contribution in [0.1, 0.15) is 24.4 Å². The molecule has 1 fully saturated rings. The molecule has 2 aromatic rings. The van der Waals surface area contributed by atoms with Gasteiger partial charge >= 0.3 is 0 Å². The largest absolute Gasteiger partial charge is 0.467 e. The zero-order chi connectivity index (χ0) is 19.1. The van der Waals surface area contributed by atoms with Gasteiger partial charge in [0.1, 0.15) is 11.9 Å². The maximum atomic E-state index is 10.2. The highest BCUT2D eigenvalue weighted by Gasteiger charge is 2.20. The predicted octanol–water partition coefficient (Wildman–Crippen LogP) is 3.37. The number of aliphatic hydroxyl groups excluding tert-OH is 1. The summed E-state index contributed by atoms with van der Waals surface area (Å²) < 4.78 is 5.24.